The molecule has 6 nitrogen and oxygen atoms in total. The zero-order valence-corrected chi connectivity index (χ0v) is 22.1. The minimum atomic E-state index is -0.170. The second kappa shape index (κ2) is 11.0. The lowest BCUT2D eigenvalue weighted by Gasteiger charge is -2.15. The van der Waals surface area contributed by atoms with Crippen molar-refractivity contribution in [3.05, 3.63) is 93.3 Å². The van der Waals surface area contributed by atoms with Gasteiger partial charge in [0.05, 0.1) is 23.7 Å². The lowest BCUT2D eigenvalue weighted by molar-refractivity contribution is 0.0949. The number of aromatic nitrogens is 2. The van der Waals surface area contributed by atoms with Gasteiger partial charge in [-0.3, -0.25) is 14.2 Å². The molecule has 1 amide bonds. The molecule has 0 saturated carbocycles. The number of benzene rings is 3. The van der Waals surface area contributed by atoms with Crippen molar-refractivity contribution < 1.29 is 9.53 Å². The summed E-state index contributed by atoms with van der Waals surface area (Å²) in [7, 11) is 1.64. The third kappa shape index (κ3) is 5.79. The van der Waals surface area contributed by atoms with Crippen LogP contribution in [0.3, 0.4) is 0 Å². The molecule has 1 N–H and O–H groups in total. The highest BCUT2D eigenvalue weighted by Crippen LogP contribution is 2.27. The number of methoxy groups -OCH3 is 1. The lowest BCUT2D eigenvalue weighted by Crippen LogP contribution is -2.27. The van der Waals surface area contributed by atoms with Gasteiger partial charge in [0.1, 0.15) is 5.75 Å². The second-order valence-corrected chi connectivity index (χ2v) is 10.3. The van der Waals surface area contributed by atoms with Gasteiger partial charge in [-0.25, -0.2) is 4.98 Å². The van der Waals surface area contributed by atoms with E-state index in [9.17, 15) is 9.59 Å². The van der Waals surface area contributed by atoms with Crippen LogP contribution in [0, 0.1) is 19.8 Å². The SMILES string of the molecule is COc1cccc(CSc2nc3cc(C(=O)NCC(C)C)ccc3c(=O)n2-c2cc(C)cc(C)c2)c1. The molecule has 0 saturated heterocycles. The van der Waals surface area contributed by atoms with Gasteiger partial charge in [-0.15, -0.1) is 0 Å². The molecule has 3 aromatic carbocycles. The molecular formula is C29H31N3O3S. The molecule has 0 aliphatic rings. The fourth-order valence-electron chi connectivity index (χ4n) is 4.02. The first-order valence-corrected chi connectivity index (χ1v) is 12.9. The summed E-state index contributed by atoms with van der Waals surface area (Å²) in [5.41, 5.74) is 4.80. The molecule has 7 heteroatoms. The molecule has 0 unspecified atom stereocenters. The topological polar surface area (TPSA) is 73.2 Å². The maximum absolute atomic E-state index is 13.8. The van der Waals surface area contributed by atoms with E-state index in [-0.39, 0.29) is 11.5 Å². The van der Waals surface area contributed by atoms with E-state index < -0.39 is 0 Å². The Kier molecular flexibility index (Phi) is 7.79. The van der Waals surface area contributed by atoms with Crippen molar-refractivity contribution in [2.24, 2.45) is 5.92 Å². The number of thioether (sulfide) groups is 1. The average Bonchev–Trinajstić information content (AvgIpc) is 2.85. The molecule has 0 spiro atoms. The number of ether oxygens (including phenoxy) is 1. The summed E-state index contributed by atoms with van der Waals surface area (Å²) < 4.78 is 7.03. The Balaban J connectivity index is 1.81. The normalized spacial score (nSPS) is 11.2. The molecule has 0 bridgehead atoms. The van der Waals surface area contributed by atoms with Crippen molar-refractivity contribution in [3.8, 4) is 11.4 Å². The Bertz CT molecular complexity index is 1460. The van der Waals surface area contributed by atoms with E-state index in [4.69, 9.17) is 9.72 Å². The van der Waals surface area contributed by atoms with Crippen LogP contribution in [0.4, 0.5) is 0 Å². The Morgan fingerprint density at radius 2 is 1.81 bits per heavy atom. The zero-order valence-electron chi connectivity index (χ0n) is 21.3. The van der Waals surface area contributed by atoms with Gasteiger partial charge in [0.15, 0.2) is 5.16 Å². The number of nitrogens with zero attached hydrogens (tertiary/aromatic N) is 2. The highest BCUT2D eigenvalue weighted by atomic mass is 32.2. The van der Waals surface area contributed by atoms with Gasteiger partial charge in [-0.05, 0) is 78.9 Å². The average molecular weight is 502 g/mol. The number of hydrogen-bond acceptors (Lipinski definition) is 5. The fraction of sp³-hybridized carbons (Fsp3) is 0.276. The molecule has 1 heterocycles. The standard InChI is InChI=1S/C29H31N3O3S/c1-18(2)16-30-27(33)22-9-10-25-26(15-22)31-29(36-17-21-7-6-8-24(14-21)35-5)32(28(25)34)23-12-19(3)11-20(4)13-23/h6-15,18H,16-17H2,1-5H3,(H,30,33). The van der Waals surface area contributed by atoms with Crippen molar-refractivity contribution in [2.75, 3.05) is 13.7 Å². The van der Waals surface area contributed by atoms with Gasteiger partial charge in [-0.1, -0.05) is 43.8 Å². The first-order valence-electron chi connectivity index (χ1n) is 11.9. The van der Waals surface area contributed by atoms with Gasteiger partial charge in [0.2, 0.25) is 0 Å². The predicted octanol–water partition coefficient (Wildman–Crippen LogP) is 5.69. The van der Waals surface area contributed by atoms with Crippen LogP contribution >= 0.6 is 11.8 Å². The molecule has 0 atom stereocenters. The van der Waals surface area contributed by atoms with E-state index in [1.807, 2.05) is 64.1 Å². The third-order valence-electron chi connectivity index (χ3n) is 5.74. The van der Waals surface area contributed by atoms with Crippen LogP contribution in [-0.2, 0) is 5.75 Å². The Morgan fingerprint density at radius 3 is 2.50 bits per heavy atom. The number of fused-ring (bicyclic) bond motifs is 1. The van der Waals surface area contributed by atoms with Crippen molar-refractivity contribution in [1.82, 2.24) is 14.9 Å². The van der Waals surface area contributed by atoms with E-state index in [2.05, 4.69) is 11.4 Å². The van der Waals surface area contributed by atoms with Crippen molar-refractivity contribution in [3.63, 3.8) is 0 Å². The molecule has 0 fully saturated rings. The van der Waals surface area contributed by atoms with Crippen LogP contribution in [0.2, 0.25) is 0 Å². The van der Waals surface area contributed by atoms with Gasteiger partial charge in [0, 0.05) is 17.9 Å². The van der Waals surface area contributed by atoms with Crippen molar-refractivity contribution in [1.29, 1.82) is 0 Å². The highest BCUT2D eigenvalue weighted by molar-refractivity contribution is 7.98. The number of hydrogen-bond donors (Lipinski definition) is 1. The molecule has 1 aromatic heterocycles. The fourth-order valence-corrected chi connectivity index (χ4v) is 4.98. The lowest BCUT2D eigenvalue weighted by atomic mass is 10.1. The first-order chi connectivity index (χ1) is 17.2. The molecule has 0 aliphatic carbocycles. The molecular weight excluding hydrogens is 470 g/mol. The van der Waals surface area contributed by atoms with Crippen LogP contribution in [0.1, 0.15) is 40.9 Å². The first kappa shape index (κ1) is 25.5. The monoisotopic (exact) mass is 501 g/mol. The summed E-state index contributed by atoms with van der Waals surface area (Å²) in [4.78, 5) is 31.3. The molecule has 4 rings (SSSR count). The number of amides is 1. The van der Waals surface area contributed by atoms with E-state index >= 15 is 0 Å². The summed E-state index contributed by atoms with van der Waals surface area (Å²) in [6.45, 7) is 8.70. The molecule has 0 radical (unpaired) electrons. The quantitative estimate of drug-likeness (QED) is 0.248. The summed E-state index contributed by atoms with van der Waals surface area (Å²) in [5, 5.41) is 3.97. The van der Waals surface area contributed by atoms with E-state index in [0.717, 1.165) is 28.1 Å². The van der Waals surface area contributed by atoms with Gasteiger partial charge >= 0.3 is 0 Å². The number of rotatable bonds is 8. The summed E-state index contributed by atoms with van der Waals surface area (Å²) in [5.74, 6) is 1.56. The van der Waals surface area contributed by atoms with Crippen LogP contribution < -0.4 is 15.6 Å². The van der Waals surface area contributed by atoms with Crippen molar-refractivity contribution in [2.45, 2.75) is 38.6 Å². The summed E-state index contributed by atoms with van der Waals surface area (Å²) >= 11 is 1.48. The summed E-state index contributed by atoms with van der Waals surface area (Å²) in [6, 6.07) is 19.0. The van der Waals surface area contributed by atoms with Crippen LogP contribution in [0.15, 0.2) is 70.6 Å². The number of aryl methyl sites for hydroxylation is 2. The van der Waals surface area contributed by atoms with Gasteiger partial charge in [0.25, 0.3) is 11.5 Å². The highest BCUT2D eigenvalue weighted by Gasteiger charge is 2.16. The Morgan fingerprint density at radius 1 is 1.06 bits per heavy atom. The van der Waals surface area contributed by atoms with Gasteiger partial charge < -0.3 is 10.1 Å². The number of carbonyl (C=O) groups excluding carboxylic acids is 1. The molecule has 0 aliphatic heterocycles. The second-order valence-electron chi connectivity index (χ2n) is 9.36. The zero-order chi connectivity index (χ0) is 25.8. The minimum absolute atomic E-state index is 0.160. The molecule has 4 aromatic rings. The van der Waals surface area contributed by atoms with Crippen LogP contribution in [0.5, 0.6) is 5.75 Å². The molecule has 36 heavy (non-hydrogen) atoms. The summed E-state index contributed by atoms with van der Waals surface area (Å²) in [6.07, 6.45) is 0. The predicted molar refractivity (Wildman–Crippen MR) is 147 cm³/mol. The van der Waals surface area contributed by atoms with E-state index in [1.165, 1.54) is 11.8 Å². The number of carbonyl (C=O) groups is 1. The van der Waals surface area contributed by atoms with E-state index in [0.29, 0.717) is 39.8 Å². The number of nitrogens with one attached hydrogen (secondary N) is 1. The maximum Gasteiger partial charge on any atom is 0.266 e. The van der Waals surface area contributed by atoms with Gasteiger partial charge in [-0.2, -0.15) is 0 Å². The Hall–Kier alpha value is -3.58. The van der Waals surface area contributed by atoms with E-state index in [1.54, 1.807) is 29.9 Å². The molecule has 186 valence electrons. The maximum atomic E-state index is 13.8. The smallest absolute Gasteiger partial charge is 0.266 e. The Labute approximate surface area is 215 Å². The largest absolute Gasteiger partial charge is 0.497 e. The van der Waals surface area contributed by atoms with Crippen LogP contribution in [0.25, 0.3) is 16.6 Å². The minimum Gasteiger partial charge on any atom is -0.497 e. The third-order valence-corrected chi connectivity index (χ3v) is 6.75. The van der Waals surface area contributed by atoms with Crippen LogP contribution in [-0.4, -0.2) is 29.1 Å². The van der Waals surface area contributed by atoms with Crippen molar-refractivity contribution >= 4 is 28.6 Å².